The monoisotopic (exact) mass is 602 g/mol. The highest BCUT2D eigenvalue weighted by Crippen LogP contribution is 2.38. The molecule has 2 atom stereocenters. The van der Waals surface area contributed by atoms with E-state index in [1.54, 1.807) is 42.5 Å². The van der Waals surface area contributed by atoms with E-state index in [9.17, 15) is 19.2 Å². The predicted molar refractivity (Wildman–Crippen MR) is 150 cm³/mol. The molecule has 5 rings (SSSR count). The lowest BCUT2D eigenvalue weighted by Gasteiger charge is -2.27. The van der Waals surface area contributed by atoms with E-state index < -0.39 is 25.0 Å². The maximum atomic E-state index is 13.6. The molecule has 0 unspecified atom stereocenters. The number of carbonyl (C=O) groups excluding carboxylic acids is 2. The molecule has 3 aromatic rings. The summed E-state index contributed by atoms with van der Waals surface area (Å²) in [6.07, 6.45) is 4.67. The third kappa shape index (κ3) is 7.02. The number of hydrogen-bond acceptors (Lipinski definition) is 6. The molecular weight excluding hydrogens is 574 g/mol. The Balaban J connectivity index is 1.44. The molecule has 1 aliphatic carbocycles. The number of pyridine rings is 1. The van der Waals surface area contributed by atoms with Crippen LogP contribution < -0.4 is 14.2 Å². The molecule has 2 heterocycles. The molecule has 8 nitrogen and oxygen atoms in total. The van der Waals surface area contributed by atoms with E-state index in [-0.39, 0.29) is 28.1 Å². The van der Waals surface area contributed by atoms with Gasteiger partial charge in [-0.2, -0.15) is 4.73 Å². The zero-order chi connectivity index (χ0) is 28.9. The molecule has 2 aromatic carbocycles. The molecule has 2 aliphatic rings. The van der Waals surface area contributed by atoms with Crippen molar-refractivity contribution in [2.75, 3.05) is 20.0 Å². The summed E-state index contributed by atoms with van der Waals surface area (Å²) in [6.45, 7) is -0.156. The zero-order valence-corrected chi connectivity index (χ0v) is 23.7. The number of carbonyl (C=O) groups is 2. The van der Waals surface area contributed by atoms with Crippen LogP contribution in [0.3, 0.4) is 0 Å². The van der Waals surface area contributed by atoms with Gasteiger partial charge < -0.3 is 24.3 Å². The fourth-order valence-electron chi connectivity index (χ4n) is 4.87. The maximum absolute atomic E-state index is 13.6. The topological polar surface area (TPSA) is 92.0 Å². The van der Waals surface area contributed by atoms with Gasteiger partial charge in [0.15, 0.2) is 23.9 Å². The van der Waals surface area contributed by atoms with E-state index in [4.69, 9.17) is 37.4 Å². The number of amides is 1. The molecular formula is C30H29Cl2FN2O6. The first-order valence-corrected chi connectivity index (χ1v) is 14.2. The van der Waals surface area contributed by atoms with Crippen molar-refractivity contribution in [3.63, 3.8) is 0 Å². The number of ether oxygens (including phenoxy) is 3. The summed E-state index contributed by atoms with van der Waals surface area (Å²) in [5, 5.41) is 12.0. The highest BCUT2D eigenvalue weighted by atomic mass is 35.5. The lowest BCUT2D eigenvalue weighted by molar-refractivity contribution is -0.605. The van der Waals surface area contributed by atoms with Crippen LogP contribution in [0.1, 0.15) is 53.3 Å². The molecule has 216 valence electrons. The molecule has 1 saturated heterocycles. The van der Waals surface area contributed by atoms with Crippen LogP contribution in [0.4, 0.5) is 4.39 Å². The van der Waals surface area contributed by atoms with Crippen molar-refractivity contribution in [3.8, 4) is 11.5 Å². The summed E-state index contributed by atoms with van der Waals surface area (Å²) in [4.78, 5) is 28.3. The van der Waals surface area contributed by atoms with Crippen molar-refractivity contribution in [1.82, 2.24) is 4.90 Å². The normalized spacial score (nSPS) is 17.2. The van der Waals surface area contributed by atoms with Crippen LogP contribution in [-0.4, -0.2) is 42.8 Å². The second-order valence-corrected chi connectivity index (χ2v) is 11.0. The molecule has 1 saturated carbocycles. The van der Waals surface area contributed by atoms with Gasteiger partial charge in [-0.1, -0.05) is 47.5 Å². The number of esters is 1. The molecule has 0 bridgehead atoms. The van der Waals surface area contributed by atoms with E-state index in [0.717, 1.165) is 12.8 Å². The van der Waals surface area contributed by atoms with Gasteiger partial charge in [0.25, 0.3) is 5.91 Å². The summed E-state index contributed by atoms with van der Waals surface area (Å²) in [6, 6.07) is 12.8. The molecule has 0 N–H and O–H groups in total. The van der Waals surface area contributed by atoms with Gasteiger partial charge in [0.2, 0.25) is 6.86 Å². The van der Waals surface area contributed by atoms with Crippen molar-refractivity contribution < 1.29 is 32.9 Å². The number of rotatable bonds is 11. The van der Waals surface area contributed by atoms with E-state index >= 15 is 0 Å². The van der Waals surface area contributed by atoms with Crippen molar-refractivity contribution in [2.45, 2.75) is 44.2 Å². The lowest BCUT2D eigenvalue weighted by atomic mass is 10.0. The number of likely N-dealkylation sites (tertiary alicyclic amines) is 1. The van der Waals surface area contributed by atoms with Crippen LogP contribution in [0.5, 0.6) is 11.5 Å². The summed E-state index contributed by atoms with van der Waals surface area (Å²) in [5.41, 5.74) is 1.42. The molecule has 2 fully saturated rings. The van der Waals surface area contributed by atoms with Crippen molar-refractivity contribution >= 4 is 35.1 Å². The number of nitrogens with zero attached hydrogens (tertiary/aromatic N) is 2. The summed E-state index contributed by atoms with van der Waals surface area (Å²) in [5.74, 6) is 0.141. The molecule has 1 aromatic heterocycles. The minimum Gasteiger partial charge on any atom is -0.619 e. The summed E-state index contributed by atoms with van der Waals surface area (Å²) < 4.78 is 30.7. The van der Waals surface area contributed by atoms with E-state index in [1.165, 1.54) is 17.3 Å². The Morgan fingerprint density at radius 2 is 1.76 bits per heavy atom. The standard InChI is InChI=1S/C30H29Cl2FN2O6/c31-23-15-34(38)16-24(32)22(23)14-27(21-10-11-26(40-18-33)28(13-21)39-17-19-8-9-19)41-30(37)25-7-4-12-35(25)29(36)20-5-2-1-3-6-20/h1-3,5-6,10-11,13,15-16,19,25,27H,4,7-9,12,14,17-18H2/t25-,27+/m1/s1. The van der Waals surface area contributed by atoms with Crippen LogP contribution in [0.15, 0.2) is 60.9 Å². The number of hydrogen-bond donors (Lipinski definition) is 0. The van der Waals surface area contributed by atoms with Gasteiger partial charge in [0.05, 0.1) is 6.61 Å². The predicted octanol–water partition coefficient (Wildman–Crippen LogP) is 5.85. The summed E-state index contributed by atoms with van der Waals surface area (Å²) in [7, 11) is 0. The Hall–Kier alpha value is -3.56. The second-order valence-electron chi connectivity index (χ2n) is 10.2. The first kappa shape index (κ1) is 29.0. The number of benzene rings is 2. The van der Waals surface area contributed by atoms with Crippen LogP contribution in [0, 0.1) is 11.1 Å². The minimum absolute atomic E-state index is 0.0367. The Kier molecular flexibility index (Phi) is 9.15. The van der Waals surface area contributed by atoms with Gasteiger partial charge in [-0.25, -0.2) is 9.18 Å². The van der Waals surface area contributed by atoms with E-state index in [0.29, 0.717) is 59.1 Å². The van der Waals surface area contributed by atoms with Crippen LogP contribution in [-0.2, 0) is 16.0 Å². The van der Waals surface area contributed by atoms with Crippen LogP contribution in [0.25, 0.3) is 0 Å². The Labute approximate surface area is 247 Å². The molecule has 11 heteroatoms. The van der Waals surface area contributed by atoms with Gasteiger partial charge in [-0.15, -0.1) is 0 Å². The van der Waals surface area contributed by atoms with Gasteiger partial charge in [-0.05, 0) is 61.4 Å². The first-order valence-electron chi connectivity index (χ1n) is 13.4. The average molecular weight is 603 g/mol. The SMILES string of the molecule is O=C(O[C@@H](Cc1c(Cl)c[n+]([O-])cc1Cl)c1ccc(OCF)c(OCC2CC2)c1)[C@H]1CCCN1C(=O)c1ccccc1. The van der Waals surface area contributed by atoms with Gasteiger partial charge in [0, 0.05) is 24.1 Å². The number of halogens is 3. The summed E-state index contributed by atoms with van der Waals surface area (Å²) >= 11 is 12.7. The quantitative estimate of drug-likeness (QED) is 0.155. The Morgan fingerprint density at radius 3 is 2.44 bits per heavy atom. The lowest BCUT2D eigenvalue weighted by Crippen LogP contribution is -2.42. The van der Waals surface area contributed by atoms with Crippen molar-refractivity contribution in [2.24, 2.45) is 5.92 Å². The molecule has 0 spiro atoms. The molecule has 0 radical (unpaired) electrons. The van der Waals surface area contributed by atoms with E-state index in [2.05, 4.69) is 0 Å². The first-order chi connectivity index (χ1) is 19.8. The average Bonchev–Trinajstić information content (AvgIpc) is 3.66. The fraction of sp³-hybridized carbons (Fsp3) is 0.367. The van der Waals surface area contributed by atoms with Crippen molar-refractivity contribution in [3.05, 3.63) is 92.9 Å². The van der Waals surface area contributed by atoms with Gasteiger partial charge in [-0.3, -0.25) is 4.79 Å². The molecule has 1 aliphatic heterocycles. The van der Waals surface area contributed by atoms with Crippen molar-refractivity contribution in [1.29, 1.82) is 0 Å². The maximum Gasteiger partial charge on any atom is 0.329 e. The Morgan fingerprint density at radius 1 is 1.02 bits per heavy atom. The highest BCUT2D eigenvalue weighted by molar-refractivity contribution is 6.35. The van der Waals surface area contributed by atoms with Crippen LogP contribution in [0.2, 0.25) is 10.0 Å². The van der Waals surface area contributed by atoms with Gasteiger partial charge in [0.1, 0.15) is 22.2 Å². The van der Waals surface area contributed by atoms with E-state index in [1.807, 2.05) is 6.07 Å². The molecule has 41 heavy (non-hydrogen) atoms. The Bertz CT molecular complexity index is 1380. The second kappa shape index (κ2) is 13.0. The third-order valence-electron chi connectivity index (χ3n) is 7.23. The highest BCUT2D eigenvalue weighted by Gasteiger charge is 2.37. The van der Waals surface area contributed by atoms with Crippen LogP contribution >= 0.6 is 23.2 Å². The van der Waals surface area contributed by atoms with Gasteiger partial charge >= 0.3 is 5.97 Å². The number of aromatic nitrogens is 1. The molecule has 1 amide bonds. The number of alkyl halides is 1. The minimum atomic E-state index is -1.03. The largest absolute Gasteiger partial charge is 0.619 e. The third-order valence-corrected chi connectivity index (χ3v) is 7.88. The fourth-order valence-corrected chi connectivity index (χ4v) is 5.47. The smallest absolute Gasteiger partial charge is 0.329 e. The zero-order valence-electron chi connectivity index (χ0n) is 22.1.